The van der Waals surface area contributed by atoms with Gasteiger partial charge in [-0.05, 0) is 43.9 Å². The number of H-pyrrole nitrogens is 1. The maximum absolute atomic E-state index is 14.4. The third-order valence-corrected chi connectivity index (χ3v) is 11.0. The van der Waals surface area contributed by atoms with Crippen molar-refractivity contribution in [3.05, 3.63) is 44.7 Å². The van der Waals surface area contributed by atoms with Crippen molar-refractivity contribution in [3.63, 3.8) is 0 Å². The smallest absolute Gasteiger partial charge is 0.320 e. The molecule has 14 heteroatoms. The van der Waals surface area contributed by atoms with Crippen LogP contribution in [-0.2, 0) is 18.4 Å². The lowest BCUT2D eigenvalue weighted by atomic mass is 9.74. The molecule has 4 aliphatic rings. The summed E-state index contributed by atoms with van der Waals surface area (Å²) in [6.07, 6.45) is 5.07. The van der Waals surface area contributed by atoms with E-state index in [1.54, 1.807) is 12.3 Å². The van der Waals surface area contributed by atoms with Crippen molar-refractivity contribution < 1.29 is 9.13 Å². The van der Waals surface area contributed by atoms with Gasteiger partial charge in [0.05, 0.1) is 34.3 Å². The molecular weight excluding hydrogens is 591 g/mol. The minimum Gasteiger partial charge on any atom is -0.461 e. The van der Waals surface area contributed by atoms with Gasteiger partial charge < -0.3 is 19.9 Å². The molecule has 0 amide bonds. The fourth-order valence-electron chi connectivity index (χ4n) is 7.87. The molecule has 0 bridgehead atoms. The van der Waals surface area contributed by atoms with Gasteiger partial charge in [0.15, 0.2) is 10.8 Å². The van der Waals surface area contributed by atoms with Crippen molar-refractivity contribution in [2.24, 2.45) is 0 Å². The van der Waals surface area contributed by atoms with Crippen LogP contribution in [0, 0.1) is 22.7 Å². The lowest BCUT2D eigenvalue weighted by Crippen LogP contribution is -2.59. The first-order valence-corrected chi connectivity index (χ1v) is 15.6. The molecule has 4 aromatic rings. The molecule has 3 saturated heterocycles. The van der Waals surface area contributed by atoms with Gasteiger partial charge in [-0.2, -0.15) is 25.6 Å². The van der Waals surface area contributed by atoms with Crippen LogP contribution >= 0.6 is 22.9 Å². The summed E-state index contributed by atoms with van der Waals surface area (Å²) in [5, 5.41) is 28.5. The van der Waals surface area contributed by atoms with E-state index in [0.29, 0.717) is 77.3 Å². The van der Waals surface area contributed by atoms with E-state index >= 15 is 0 Å². The highest BCUT2D eigenvalue weighted by atomic mass is 35.5. The molecule has 3 aliphatic heterocycles. The standard InChI is InChI=1S/C29H28ClFN10OS/c30-21-6-18(37-38-21)12-39-10-16(8-32)22-25(39)35-27(42-15-29-3-1-5-41(29)11-17(31)7-29)36-26(22)40-13-28(14-40)4-2-20-23(28)19(9-33)24(34)43-20/h6,10,17H,1-5,7,11-15,34H2,(H,37,38)/t17-,29+/m1/s1. The number of hydrogen-bond acceptors (Lipinski definition) is 10. The Morgan fingerprint density at radius 3 is 2.88 bits per heavy atom. The van der Waals surface area contributed by atoms with Crippen LogP contribution in [0.4, 0.5) is 15.2 Å². The van der Waals surface area contributed by atoms with Gasteiger partial charge in [0.2, 0.25) is 0 Å². The van der Waals surface area contributed by atoms with Crippen LogP contribution in [0.25, 0.3) is 11.0 Å². The molecule has 0 radical (unpaired) electrons. The van der Waals surface area contributed by atoms with E-state index < -0.39 is 6.17 Å². The number of nitrogens with two attached hydrogens (primary N) is 1. The SMILES string of the molecule is N#Cc1c(N)sc2c1C1(CC2)CN(c2nc(OC[C@@]34CCCN3C[C@H](F)C4)nc3c2c(C#N)cn3Cc2cc(Cl)n[nH]2)C1. The first-order chi connectivity index (χ1) is 20.8. The number of thiophene rings is 1. The number of halogens is 2. The highest BCUT2D eigenvalue weighted by Gasteiger charge is 2.52. The number of nitriles is 2. The average Bonchev–Trinajstić information content (AvgIpc) is 3.79. The van der Waals surface area contributed by atoms with Crippen molar-refractivity contribution in [1.29, 1.82) is 10.5 Å². The molecule has 220 valence electrons. The van der Waals surface area contributed by atoms with Crippen molar-refractivity contribution in [3.8, 4) is 18.1 Å². The molecule has 0 unspecified atom stereocenters. The fourth-order valence-corrected chi connectivity index (χ4v) is 9.18. The Hall–Kier alpha value is -3.91. The van der Waals surface area contributed by atoms with Crippen molar-refractivity contribution in [2.45, 2.75) is 55.8 Å². The van der Waals surface area contributed by atoms with E-state index in [4.69, 9.17) is 32.0 Å². The van der Waals surface area contributed by atoms with Crippen LogP contribution in [0.15, 0.2) is 12.3 Å². The van der Waals surface area contributed by atoms with Crippen LogP contribution in [-0.4, -0.2) is 74.1 Å². The Bertz CT molecular complexity index is 1860. The van der Waals surface area contributed by atoms with Gasteiger partial charge in [0, 0.05) is 42.5 Å². The summed E-state index contributed by atoms with van der Waals surface area (Å²) in [4.78, 5) is 15.2. The second-order valence-electron chi connectivity index (χ2n) is 12.3. The monoisotopic (exact) mass is 618 g/mol. The molecule has 1 aliphatic carbocycles. The molecule has 3 N–H and O–H groups in total. The molecule has 0 saturated carbocycles. The number of aryl methyl sites for hydroxylation is 1. The van der Waals surface area contributed by atoms with Gasteiger partial charge in [-0.3, -0.25) is 10.00 Å². The van der Waals surface area contributed by atoms with Crippen LogP contribution in [0.3, 0.4) is 0 Å². The van der Waals surface area contributed by atoms with Crippen LogP contribution in [0.1, 0.15) is 52.9 Å². The molecule has 7 heterocycles. The number of alkyl halides is 1. The number of hydrogen-bond donors (Lipinski definition) is 2. The zero-order valence-electron chi connectivity index (χ0n) is 23.2. The molecule has 43 heavy (non-hydrogen) atoms. The maximum Gasteiger partial charge on any atom is 0.320 e. The van der Waals surface area contributed by atoms with E-state index in [0.717, 1.165) is 43.5 Å². The van der Waals surface area contributed by atoms with Gasteiger partial charge in [0.1, 0.15) is 35.7 Å². The molecular formula is C29H28ClFN10OS. The first-order valence-electron chi connectivity index (χ1n) is 14.4. The lowest BCUT2D eigenvalue weighted by molar-refractivity contribution is 0.107. The Balaban J connectivity index is 1.18. The largest absolute Gasteiger partial charge is 0.461 e. The summed E-state index contributed by atoms with van der Waals surface area (Å²) >= 11 is 7.57. The topological polar surface area (TPSA) is 149 Å². The Morgan fingerprint density at radius 2 is 2.12 bits per heavy atom. The summed E-state index contributed by atoms with van der Waals surface area (Å²) in [6.45, 7) is 3.25. The predicted octanol–water partition coefficient (Wildman–Crippen LogP) is 3.90. The third-order valence-electron chi connectivity index (χ3n) is 9.74. The molecule has 1 spiro atoms. The van der Waals surface area contributed by atoms with E-state index in [9.17, 15) is 14.9 Å². The average molecular weight is 619 g/mol. The number of anilines is 2. The minimum absolute atomic E-state index is 0.182. The van der Waals surface area contributed by atoms with Gasteiger partial charge in [0.25, 0.3) is 0 Å². The highest BCUT2D eigenvalue weighted by molar-refractivity contribution is 7.16. The zero-order valence-corrected chi connectivity index (χ0v) is 24.8. The van der Waals surface area contributed by atoms with E-state index in [1.165, 1.54) is 16.2 Å². The number of nitrogens with one attached hydrogen (secondary N) is 1. The normalized spacial score (nSPS) is 23.8. The number of aromatic amines is 1. The maximum atomic E-state index is 14.4. The summed E-state index contributed by atoms with van der Waals surface area (Å²) in [5.74, 6) is 0.620. The van der Waals surface area contributed by atoms with Crippen molar-refractivity contribution in [2.75, 3.05) is 43.4 Å². The number of nitrogen functional groups attached to an aromatic ring is 1. The summed E-state index contributed by atoms with van der Waals surface area (Å²) in [5.41, 5.74) is 9.11. The quantitative estimate of drug-likeness (QED) is 0.328. The highest BCUT2D eigenvalue weighted by Crippen LogP contribution is 2.53. The molecule has 4 aromatic heterocycles. The number of ether oxygens (including phenoxy) is 1. The van der Waals surface area contributed by atoms with Crippen LogP contribution in [0.2, 0.25) is 5.15 Å². The fraction of sp³-hybridized carbons (Fsp3) is 0.483. The Labute approximate surface area is 255 Å². The minimum atomic E-state index is -0.863. The van der Waals surface area contributed by atoms with Crippen LogP contribution < -0.4 is 15.4 Å². The van der Waals surface area contributed by atoms with Gasteiger partial charge >= 0.3 is 6.01 Å². The number of nitrogens with zero attached hydrogens (tertiary/aromatic N) is 8. The molecule has 0 aromatic carbocycles. The second kappa shape index (κ2) is 9.55. The van der Waals surface area contributed by atoms with E-state index in [2.05, 4.69) is 32.1 Å². The predicted molar refractivity (Wildman–Crippen MR) is 159 cm³/mol. The van der Waals surface area contributed by atoms with Gasteiger partial charge in [-0.25, -0.2) is 4.39 Å². The lowest BCUT2D eigenvalue weighted by Gasteiger charge is -2.49. The zero-order chi connectivity index (χ0) is 29.5. The Morgan fingerprint density at radius 1 is 1.26 bits per heavy atom. The molecule has 11 nitrogen and oxygen atoms in total. The second-order valence-corrected chi connectivity index (χ2v) is 13.8. The summed E-state index contributed by atoms with van der Waals surface area (Å²) in [7, 11) is 0. The van der Waals surface area contributed by atoms with E-state index in [1.807, 2.05) is 4.57 Å². The van der Waals surface area contributed by atoms with Gasteiger partial charge in [-0.1, -0.05) is 11.6 Å². The third kappa shape index (κ3) is 4.02. The first kappa shape index (κ1) is 26.7. The number of fused-ring (bicyclic) bond motifs is 4. The van der Waals surface area contributed by atoms with Gasteiger partial charge in [-0.15, -0.1) is 11.3 Å². The van der Waals surface area contributed by atoms with E-state index in [-0.39, 0.29) is 17.0 Å². The van der Waals surface area contributed by atoms with Crippen LogP contribution in [0.5, 0.6) is 6.01 Å². The number of rotatable bonds is 6. The number of aromatic nitrogens is 5. The Kier molecular flexibility index (Phi) is 5.93. The molecule has 2 atom stereocenters. The van der Waals surface area contributed by atoms with Crippen molar-refractivity contribution in [1.82, 2.24) is 29.6 Å². The summed E-state index contributed by atoms with van der Waals surface area (Å²) in [6, 6.07) is 6.59. The van der Waals surface area contributed by atoms with Crippen molar-refractivity contribution >= 4 is 44.8 Å². The molecule has 3 fully saturated rings. The molecule has 8 rings (SSSR count). The summed E-state index contributed by atoms with van der Waals surface area (Å²) < 4.78 is 22.6.